The molecule has 2 N–H and O–H groups in total. The summed E-state index contributed by atoms with van der Waals surface area (Å²) >= 11 is 3.30. The Morgan fingerprint density at radius 1 is 1.08 bits per heavy atom. The second-order valence-corrected chi connectivity index (χ2v) is 6.47. The fourth-order valence-corrected chi connectivity index (χ4v) is 2.72. The lowest BCUT2D eigenvalue weighted by atomic mass is 9.98. The first-order valence-corrected chi connectivity index (χ1v) is 8.87. The Morgan fingerprint density at radius 2 is 1.76 bits per heavy atom. The molecule has 132 valence electrons. The van der Waals surface area contributed by atoms with E-state index in [0.29, 0.717) is 21.7 Å². The zero-order chi connectivity index (χ0) is 18.2. The molecule has 6 heteroatoms. The summed E-state index contributed by atoms with van der Waals surface area (Å²) in [5, 5.41) is 0. The number of benzene rings is 2. The predicted molar refractivity (Wildman–Crippen MR) is 100 cm³/mol. The highest BCUT2D eigenvalue weighted by Crippen LogP contribution is 2.28. The van der Waals surface area contributed by atoms with Crippen molar-refractivity contribution in [3.63, 3.8) is 0 Å². The molecule has 0 bridgehead atoms. The van der Waals surface area contributed by atoms with Crippen molar-refractivity contribution in [3.05, 3.63) is 64.1 Å². The molecule has 0 aliphatic heterocycles. The quantitative estimate of drug-likeness (QED) is 0.719. The molecule has 25 heavy (non-hydrogen) atoms. The lowest BCUT2D eigenvalue weighted by molar-refractivity contribution is -0.123. The van der Waals surface area contributed by atoms with Gasteiger partial charge in [-0.15, -0.1) is 0 Å². The summed E-state index contributed by atoms with van der Waals surface area (Å²) in [6, 6.07) is 14.6. The summed E-state index contributed by atoms with van der Waals surface area (Å²) in [7, 11) is 0. The highest BCUT2D eigenvalue weighted by atomic mass is 79.9. The number of hydrogen-bond donors (Lipinski definition) is 2. The van der Waals surface area contributed by atoms with E-state index in [0.717, 1.165) is 12.0 Å². The van der Waals surface area contributed by atoms with E-state index in [1.807, 2.05) is 30.3 Å². The van der Waals surface area contributed by atoms with Crippen LogP contribution in [0.2, 0.25) is 0 Å². The minimum Gasteiger partial charge on any atom is -0.483 e. The second-order valence-electron chi connectivity index (χ2n) is 5.62. The Hall–Kier alpha value is -2.34. The van der Waals surface area contributed by atoms with E-state index in [4.69, 9.17) is 4.74 Å². The molecule has 2 rings (SSSR count). The van der Waals surface area contributed by atoms with E-state index in [9.17, 15) is 9.59 Å². The van der Waals surface area contributed by atoms with Crippen LogP contribution in [0.4, 0.5) is 0 Å². The summed E-state index contributed by atoms with van der Waals surface area (Å²) in [6.45, 7) is 4.04. The van der Waals surface area contributed by atoms with Crippen LogP contribution in [-0.4, -0.2) is 18.4 Å². The molecule has 0 aliphatic carbocycles. The first kappa shape index (κ1) is 19.0. The summed E-state index contributed by atoms with van der Waals surface area (Å²) in [4.78, 5) is 24.0. The SMILES string of the molecule is CCC(C)c1ccccc1OCC(=O)NNC(=O)c1ccccc1Br. The van der Waals surface area contributed by atoms with Gasteiger partial charge in [0.15, 0.2) is 6.61 Å². The molecule has 0 fully saturated rings. The third-order valence-corrected chi connectivity index (χ3v) is 4.55. The number of halogens is 1. The maximum atomic E-state index is 12.0. The fourth-order valence-electron chi connectivity index (χ4n) is 2.26. The Balaban J connectivity index is 1.88. The lowest BCUT2D eigenvalue weighted by Crippen LogP contribution is -2.44. The summed E-state index contributed by atoms with van der Waals surface area (Å²) in [5.41, 5.74) is 6.23. The Bertz CT molecular complexity index is 749. The van der Waals surface area contributed by atoms with Crippen LogP contribution in [0.15, 0.2) is 53.0 Å². The van der Waals surface area contributed by atoms with E-state index in [1.54, 1.807) is 18.2 Å². The molecule has 0 heterocycles. The number of para-hydroxylation sites is 1. The van der Waals surface area contributed by atoms with E-state index < -0.39 is 11.8 Å². The normalized spacial score (nSPS) is 11.5. The summed E-state index contributed by atoms with van der Waals surface area (Å²) in [6.07, 6.45) is 0.981. The van der Waals surface area contributed by atoms with E-state index >= 15 is 0 Å². The Labute approximate surface area is 155 Å². The van der Waals surface area contributed by atoms with Crippen LogP contribution in [-0.2, 0) is 4.79 Å². The number of rotatable bonds is 6. The Morgan fingerprint density at radius 3 is 2.48 bits per heavy atom. The van der Waals surface area contributed by atoms with E-state index in [2.05, 4.69) is 40.6 Å². The fraction of sp³-hybridized carbons (Fsp3) is 0.263. The van der Waals surface area contributed by atoms with Crippen molar-refractivity contribution in [3.8, 4) is 5.75 Å². The van der Waals surface area contributed by atoms with Crippen LogP contribution >= 0.6 is 15.9 Å². The maximum absolute atomic E-state index is 12.0. The van der Waals surface area contributed by atoms with Crippen molar-refractivity contribution in [1.29, 1.82) is 0 Å². The van der Waals surface area contributed by atoms with Crippen molar-refractivity contribution in [2.45, 2.75) is 26.2 Å². The van der Waals surface area contributed by atoms with Crippen LogP contribution in [0.1, 0.15) is 42.1 Å². The molecule has 2 aromatic carbocycles. The van der Waals surface area contributed by atoms with Crippen molar-refractivity contribution in [2.24, 2.45) is 0 Å². The third-order valence-electron chi connectivity index (χ3n) is 3.86. The predicted octanol–water partition coefficient (Wildman–Crippen LogP) is 3.80. The molecule has 0 saturated carbocycles. The van der Waals surface area contributed by atoms with E-state index in [1.165, 1.54) is 0 Å². The zero-order valence-corrected chi connectivity index (χ0v) is 15.8. The summed E-state index contributed by atoms with van der Waals surface area (Å²) < 4.78 is 6.26. The average molecular weight is 405 g/mol. The van der Waals surface area contributed by atoms with Gasteiger partial charge in [0.2, 0.25) is 0 Å². The van der Waals surface area contributed by atoms with Crippen LogP contribution in [0.3, 0.4) is 0 Å². The number of ether oxygens (including phenoxy) is 1. The highest BCUT2D eigenvalue weighted by molar-refractivity contribution is 9.10. The van der Waals surface area contributed by atoms with Gasteiger partial charge in [-0.2, -0.15) is 0 Å². The molecule has 0 aromatic heterocycles. The van der Waals surface area contributed by atoms with Gasteiger partial charge in [0.1, 0.15) is 5.75 Å². The largest absolute Gasteiger partial charge is 0.483 e. The van der Waals surface area contributed by atoms with Gasteiger partial charge < -0.3 is 4.74 Å². The number of amides is 2. The average Bonchev–Trinajstić information content (AvgIpc) is 2.64. The molecule has 5 nitrogen and oxygen atoms in total. The standard InChI is InChI=1S/C19H21BrN2O3/c1-3-13(2)14-8-5-7-11-17(14)25-12-18(23)21-22-19(24)15-9-4-6-10-16(15)20/h4-11,13H,3,12H2,1-2H3,(H,21,23)(H,22,24). The number of carbonyl (C=O) groups excluding carboxylic acids is 2. The number of carbonyl (C=O) groups is 2. The minimum absolute atomic E-state index is 0.177. The number of hydrazine groups is 1. The van der Waals surface area contributed by atoms with Crippen LogP contribution in [0.25, 0.3) is 0 Å². The van der Waals surface area contributed by atoms with Crippen LogP contribution < -0.4 is 15.6 Å². The molecule has 0 radical (unpaired) electrons. The summed E-state index contributed by atoms with van der Waals surface area (Å²) in [5.74, 6) is 0.193. The number of hydrogen-bond acceptors (Lipinski definition) is 3. The molecular formula is C19H21BrN2O3. The monoisotopic (exact) mass is 404 g/mol. The van der Waals surface area contributed by atoms with Gasteiger partial charge in [-0.3, -0.25) is 20.4 Å². The van der Waals surface area contributed by atoms with Crippen molar-refractivity contribution < 1.29 is 14.3 Å². The lowest BCUT2D eigenvalue weighted by Gasteiger charge is -2.15. The Kier molecular flexibility index (Phi) is 7.01. The first-order chi connectivity index (χ1) is 12.0. The maximum Gasteiger partial charge on any atom is 0.276 e. The van der Waals surface area contributed by atoms with Crippen LogP contribution in [0, 0.1) is 0 Å². The third kappa shape index (κ3) is 5.32. The highest BCUT2D eigenvalue weighted by Gasteiger charge is 2.13. The van der Waals surface area contributed by atoms with Crippen LogP contribution in [0.5, 0.6) is 5.75 Å². The molecule has 0 saturated heterocycles. The molecule has 2 aromatic rings. The zero-order valence-electron chi connectivity index (χ0n) is 14.2. The molecule has 0 aliphatic rings. The van der Waals surface area contributed by atoms with Crippen molar-refractivity contribution in [1.82, 2.24) is 10.9 Å². The number of nitrogens with one attached hydrogen (secondary N) is 2. The minimum atomic E-state index is -0.431. The van der Waals surface area contributed by atoms with E-state index in [-0.39, 0.29) is 6.61 Å². The second kappa shape index (κ2) is 9.22. The first-order valence-electron chi connectivity index (χ1n) is 8.08. The molecule has 2 amide bonds. The van der Waals surface area contributed by atoms with Gasteiger partial charge in [-0.1, -0.05) is 44.2 Å². The van der Waals surface area contributed by atoms with Gasteiger partial charge in [-0.25, -0.2) is 0 Å². The smallest absolute Gasteiger partial charge is 0.276 e. The van der Waals surface area contributed by atoms with Gasteiger partial charge in [-0.05, 0) is 52.0 Å². The molecule has 0 spiro atoms. The topological polar surface area (TPSA) is 67.4 Å². The van der Waals surface area contributed by atoms with Crippen molar-refractivity contribution >= 4 is 27.7 Å². The van der Waals surface area contributed by atoms with Crippen molar-refractivity contribution in [2.75, 3.05) is 6.61 Å². The molecule has 1 atom stereocenters. The van der Waals surface area contributed by atoms with Gasteiger partial charge in [0, 0.05) is 4.47 Å². The molecular weight excluding hydrogens is 384 g/mol. The van der Waals surface area contributed by atoms with Gasteiger partial charge in [0.05, 0.1) is 5.56 Å². The van der Waals surface area contributed by atoms with Gasteiger partial charge in [0.25, 0.3) is 11.8 Å². The van der Waals surface area contributed by atoms with Gasteiger partial charge >= 0.3 is 0 Å². The molecule has 1 unspecified atom stereocenters.